The van der Waals surface area contributed by atoms with Crippen molar-refractivity contribution >= 4 is 10.1 Å². The van der Waals surface area contributed by atoms with Crippen LogP contribution in [0.5, 0.6) is 0 Å². The first-order chi connectivity index (χ1) is 9.15. The smallest absolute Gasteiger partial charge is 0.746 e. The molecule has 0 radical (unpaired) electrons. The molecule has 1 unspecified atom stereocenters. The zero-order valence-corrected chi connectivity index (χ0v) is 13.1. The minimum atomic E-state index is -7.98. The van der Waals surface area contributed by atoms with Gasteiger partial charge in [-0.05, 0) is 0 Å². The van der Waals surface area contributed by atoms with Crippen molar-refractivity contribution in [1.29, 1.82) is 0 Å². The Bertz CT molecular complexity index is 525. The molecule has 134 valence electrons. The SMILES string of the molecule is O=S(=O)([O-])C(F)C(F)(F)C(F)(F)C(F)(F)C(F)(F)C(F)(F)F.[Na+]. The number of hydrogen-bond acceptors (Lipinski definition) is 3. The van der Waals surface area contributed by atoms with E-state index in [1.807, 2.05) is 0 Å². The molecular formula is C6HF12NaO3S. The Labute approximate surface area is 141 Å². The Hall–Kier alpha value is 0.0700. The molecule has 0 N–H and O–H groups in total. The van der Waals surface area contributed by atoms with Crippen molar-refractivity contribution in [2.24, 2.45) is 0 Å². The monoisotopic (exact) mass is 404 g/mol. The van der Waals surface area contributed by atoms with Crippen LogP contribution in [0.25, 0.3) is 0 Å². The van der Waals surface area contributed by atoms with Gasteiger partial charge in [-0.2, -0.15) is 48.3 Å². The molecule has 0 amide bonds. The summed E-state index contributed by atoms with van der Waals surface area (Å²) in [6.45, 7) is 0. The quantitative estimate of drug-likeness (QED) is 0.367. The second-order valence-electron chi connectivity index (χ2n) is 3.65. The third kappa shape index (κ3) is 3.85. The van der Waals surface area contributed by atoms with Crippen molar-refractivity contribution in [3.63, 3.8) is 0 Å². The number of hydrogen-bond donors (Lipinski definition) is 0. The molecule has 0 aromatic rings. The zero-order chi connectivity index (χ0) is 18.6. The van der Waals surface area contributed by atoms with Gasteiger partial charge in [-0.15, -0.1) is 0 Å². The summed E-state index contributed by atoms with van der Waals surface area (Å²) in [5.74, 6) is -31.0. The third-order valence-corrected chi connectivity index (χ3v) is 2.90. The first kappa shape index (κ1) is 25.3. The van der Waals surface area contributed by atoms with Crippen molar-refractivity contribution in [3.8, 4) is 0 Å². The van der Waals surface area contributed by atoms with Crippen LogP contribution in [0.3, 0.4) is 0 Å². The number of rotatable bonds is 5. The average Bonchev–Trinajstić information content (AvgIpc) is 2.24. The zero-order valence-electron chi connectivity index (χ0n) is 10.2. The fourth-order valence-electron chi connectivity index (χ4n) is 0.908. The Morgan fingerprint density at radius 3 is 1.22 bits per heavy atom. The molecule has 0 aliphatic heterocycles. The van der Waals surface area contributed by atoms with Gasteiger partial charge in [0.15, 0.2) is 0 Å². The maximum absolute atomic E-state index is 12.7. The summed E-state index contributed by atoms with van der Waals surface area (Å²) in [5.41, 5.74) is -5.70. The molecular weight excluding hydrogens is 403 g/mol. The molecule has 3 nitrogen and oxygen atoms in total. The molecule has 0 spiro atoms. The summed E-state index contributed by atoms with van der Waals surface area (Å²) in [6.07, 6.45) is -7.47. The standard InChI is InChI=1S/C6H2F12O3S.Na/c7-1(22(19,20)21)2(8,9)3(10,11)4(12,13)5(14,15)6(16,17)18;/h1H,(H,19,20,21);/q;+1/p-1. The molecule has 1 atom stereocenters. The van der Waals surface area contributed by atoms with Crippen molar-refractivity contribution in [1.82, 2.24) is 0 Å². The van der Waals surface area contributed by atoms with Gasteiger partial charge in [0.2, 0.25) is 0 Å². The van der Waals surface area contributed by atoms with E-state index in [1.54, 1.807) is 0 Å². The topological polar surface area (TPSA) is 57.2 Å². The van der Waals surface area contributed by atoms with Crippen LogP contribution in [-0.2, 0) is 10.1 Å². The normalized spacial score (nSPS) is 16.7. The fourth-order valence-corrected chi connectivity index (χ4v) is 1.42. The van der Waals surface area contributed by atoms with Crippen molar-refractivity contribution < 1.29 is 95.2 Å². The minimum Gasteiger partial charge on any atom is -0.746 e. The maximum Gasteiger partial charge on any atom is 1.00 e. The van der Waals surface area contributed by atoms with E-state index in [4.69, 9.17) is 0 Å². The molecule has 0 fully saturated rings. The molecule has 0 saturated carbocycles. The summed E-state index contributed by atoms with van der Waals surface area (Å²) in [4.78, 5) is 0. The van der Waals surface area contributed by atoms with Gasteiger partial charge in [0.05, 0.1) is 0 Å². The summed E-state index contributed by atoms with van der Waals surface area (Å²) < 4.78 is 177. The molecule has 0 aromatic heterocycles. The van der Waals surface area contributed by atoms with Gasteiger partial charge in [0, 0.05) is 0 Å². The van der Waals surface area contributed by atoms with E-state index in [-0.39, 0.29) is 29.6 Å². The van der Waals surface area contributed by atoms with Crippen LogP contribution in [0.2, 0.25) is 0 Å². The summed E-state index contributed by atoms with van der Waals surface area (Å²) in [6, 6.07) is 0. The molecule has 0 aliphatic rings. The first-order valence-corrected chi connectivity index (χ1v) is 5.79. The van der Waals surface area contributed by atoms with Crippen LogP contribution in [0.15, 0.2) is 0 Å². The van der Waals surface area contributed by atoms with Crippen molar-refractivity contribution in [2.45, 2.75) is 35.4 Å². The average molecular weight is 404 g/mol. The van der Waals surface area contributed by atoms with Gasteiger partial charge < -0.3 is 4.55 Å². The maximum atomic E-state index is 12.7. The van der Waals surface area contributed by atoms with Gasteiger partial charge in [0.1, 0.15) is 10.1 Å². The molecule has 0 heterocycles. The van der Waals surface area contributed by atoms with Gasteiger partial charge in [-0.25, -0.2) is 12.8 Å². The van der Waals surface area contributed by atoms with E-state index < -0.39 is 45.5 Å². The number of alkyl halides is 12. The van der Waals surface area contributed by atoms with E-state index in [1.165, 1.54) is 0 Å². The summed E-state index contributed by atoms with van der Waals surface area (Å²) >= 11 is 0. The summed E-state index contributed by atoms with van der Waals surface area (Å²) in [7, 11) is -7.09. The second-order valence-corrected chi connectivity index (χ2v) is 5.05. The largest absolute Gasteiger partial charge is 1.00 e. The first-order valence-electron chi connectivity index (χ1n) is 4.32. The molecule has 23 heavy (non-hydrogen) atoms. The van der Waals surface area contributed by atoms with E-state index in [0.717, 1.165) is 0 Å². The van der Waals surface area contributed by atoms with Crippen LogP contribution >= 0.6 is 0 Å². The van der Waals surface area contributed by atoms with E-state index in [9.17, 15) is 65.7 Å². The Balaban J connectivity index is 0. The number of halogens is 12. The van der Waals surface area contributed by atoms with E-state index in [0.29, 0.717) is 0 Å². The predicted molar refractivity (Wildman–Crippen MR) is 40.4 cm³/mol. The minimum absolute atomic E-state index is 0. The molecule has 0 rings (SSSR count). The predicted octanol–water partition coefficient (Wildman–Crippen LogP) is -0.0653. The summed E-state index contributed by atoms with van der Waals surface area (Å²) in [5, 5.41) is 0. The van der Waals surface area contributed by atoms with Crippen LogP contribution in [0.1, 0.15) is 0 Å². The van der Waals surface area contributed by atoms with Crippen LogP contribution < -0.4 is 29.6 Å². The van der Waals surface area contributed by atoms with Crippen LogP contribution in [0.4, 0.5) is 52.7 Å². The van der Waals surface area contributed by atoms with Crippen molar-refractivity contribution in [3.05, 3.63) is 0 Å². The molecule has 0 aromatic carbocycles. The van der Waals surface area contributed by atoms with Crippen LogP contribution in [0, 0.1) is 0 Å². The second kappa shape index (κ2) is 6.42. The third-order valence-electron chi connectivity index (χ3n) is 2.10. The van der Waals surface area contributed by atoms with Gasteiger partial charge in [-0.1, -0.05) is 0 Å². The van der Waals surface area contributed by atoms with Gasteiger partial charge >= 0.3 is 59.4 Å². The van der Waals surface area contributed by atoms with E-state index >= 15 is 0 Å². The molecule has 17 heteroatoms. The fraction of sp³-hybridized carbons (Fsp3) is 1.00. The van der Waals surface area contributed by atoms with Crippen LogP contribution in [-0.4, -0.2) is 48.3 Å². The van der Waals surface area contributed by atoms with Gasteiger partial charge in [-0.3, -0.25) is 0 Å². The Morgan fingerprint density at radius 2 is 1.00 bits per heavy atom. The molecule has 0 saturated heterocycles. The van der Waals surface area contributed by atoms with Gasteiger partial charge in [0.25, 0.3) is 5.50 Å². The Morgan fingerprint density at radius 1 is 0.696 bits per heavy atom. The Kier molecular flexibility index (Phi) is 7.06. The molecule has 0 bridgehead atoms. The van der Waals surface area contributed by atoms with E-state index in [2.05, 4.69) is 0 Å². The molecule has 0 aliphatic carbocycles. The van der Waals surface area contributed by atoms with Crippen molar-refractivity contribution in [2.75, 3.05) is 0 Å².